The predicted octanol–water partition coefficient (Wildman–Crippen LogP) is 8.13. The van der Waals surface area contributed by atoms with E-state index in [1.807, 2.05) is 0 Å². The van der Waals surface area contributed by atoms with Gasteiger partial charge in [0.25, 0.3) is 0 Å². The number of hydrogen-bond acceptors (Lipinski definition) is 3. The van der Waals surface area contributed by atoms with E-state index in [0.717, 1.165) is 0 Å². The van der Waals surface area contributed by atoms with Gasteiger partial charge in [0.2, 0.25) is 11.1 Å². The van der Waals surface area contributed by atoms with Gasteiger partial charge >= 0.3 is 13.3 Å². The maximum atomic E-state index is 13.2. The summed E-state index contributed by atoms with van der Waals surface area (Å²) in [7, 11) is -2.75. The van der Waals surface area contributed by atoms with Gasteiger partial charge < -0.3 is 0 Å². The Balaban J connectivity index is 2.13. The van der Waals surface area contributed by atoms with E-state index in [4.69, 9.17) is 69.6 Å². The lowest BCUT2D eigenvalue weighted by Gasteiger charge is -2.09. The van der Waals surface area contributed by atoms with Crippen molar-refractivity contribution in [2.45, 2.75) is 0 Å². The van der Waals surface area contributed by atoms with Crippen LogP contribution in [0.4, 0.5) is 0 Å². The molecule has 0 aromatic heterocycles. The molecule has 0 saturated heterocycles. The molecule has 0 aliphatic rings. The van der Waals surface area contributed by atoms with Gasteiger partial charge in [-0.1, -0.05) is 92.4 Å². The average Bonchev–Trinajstić information content (AvgIpc) is 2.71. The molecule has 3 aromatic carbocycles. The number of rotatable bonds is 5. The van der Waals surface area contributed by atoms with Crippen molar-refractivity contribution in [2.75, 3.05) is 0 Å². The molecule has 1 atom stereocenters. The van der Waals surface area contributed by atoms with E-state index in [1.165, 1.54) is 36.4 Å². The zero-order chi connectivity index (χ0) is 22.2. The second-order valence-electron chi connectivity index (χ2n) is 5.89. The van der Waals surface area contributed by atoms with Crippen LogP contribution in [0.15, 0.2) is 48.5 Å². The lowest BCUT2D eigenvalue weighted by molar-refractivity contribution is 0.103. The molecular weight excluding hydrogens is 532 g/mol. The Morgan fingerprint density at radius 1 is 0.667 bits per heavy atom. The molecule has 3 rings (SSSR count). The standard InChI is InChI=1S/C20H8Cl6O3P/c21-10-5-3-6-11(22)15(10)20(28)30(29)14-7-2-1-4-9(14)19(27)16-17(25)12(23)8-13(24)18(16)26/h1-8H/q+1. The van der Waals surface area contributed by atoms with E-state index in [9.17, 15) is 14.2 Å². The summed E-state index contributed by atoms with van der Waals surface area (Å²) in [4.78, 5) is 26.1. The Hall–Kier alpha value is -1.16. The van der Waals surface area contributed by atoms with Crippen LogP contribution in [0.1, 0.15) is 26.3 Å². The molecule has 0 N–H and O–H groups in total. The number of carbonyl (C=O) groups excluding carboxylic acids is 2. The van der Waals surface area contributed by atoms with Crippen LogP contribution < -0.4 is 5.30 Å². The maximum absolute atomic E-state index is 13.2. The van der Waals surface area contributed by atoms with E-state index in [1.54, 1.807) is 12.1 Å². The monoisotopic (exact) mass is 537 g/mol. The summed E-state index contributed by atoms with van der Waals surface area (Å²) < 4.78 is 13.1. The third-order valence-corrected chi connectivity index (χ3v) is 7.69. The van der Waals surface area contributed by atoms with Crippen molar-refractivity contribution < 1.29 is 14.2 Å². The van der Waals surface area contributed by atoms with Crippen molar-refractivity contribution >= 4 is 94.0 Å². The third kappa shape index (κ3) is 4.40. The van der Waals surface area contributed by atoms with Crippen LogP contribution in [0.25, 0.3) is 0 Å². The molecule has 0 radical (unpaired) electrons. The van der Waals surface area contributed by atoms with Crippen LogP contribution in [-0.4, -0.2) is 11.3 Å². The lowest BCUT2D eigenvalue weighted by Crippen LogP contribution is -2.17. The smallest absolute Gasteiger partial charge is 0.288 e. The number of benzene rings is 3. The molecular formula is C20H8Cl6O3P+. The highest BCUT2D eigenvalue weighted by molar-refractivity contribution is 7.71. The zero-order valence-corrected chi connectivity index (χ0v) is 20.0. The quantitative estimate of drug-likeness (QED) is 0.187. The highest BCUT2D eigenvalue weighted by Crippen LogP contribution is 2.40. The zero-order valence-electron chi connectivity index (χ0n) is 14.6. The van der Waals surface area contributed by atoms with Gasteiger partial charge in [-0.3, -0.25) is 4.79 Å². The fraction of sp³-hybridized carbons (Fsp3) is 0. The molecule has 0 heterocycles. The maximum Gasteiger partial charge on any atom is 0.459 e. The minimum Gasteiger partial charge on any atom is -0.288 e. The van der Waals surface area contributed by atoms with Gasteiger partial charge in [-0.15, -0.1) is 0 Å². The molecule has 3 nitrogen and oxygen atoms in total. The van der Waals surface area contributed by atoms with Gasteiger partial charge in [0.1, 0.15) is 5.56 Å². The fourth-order valence-corrected chi connectivity index (χ4v) is 5.62. The number of halogens is 6. The van der Waals surface area contributed by atoms with Crippen molar-refractivity contribution in [3.05, 3.63) is 95.4 Å². The summed E-state index contributed by atoms with van der Waals surface area (Å²) in [5.74, 6) is -0.689. The molecule has 10 heteroatoms. The third-order valence-electron chi connectivity index (χ3n) is 4.07. The van der Waals surface area contributed by atoms with Gasteiger partial charge in [-0.2, -0.15) is 0 Å². The number of hydrogen-bond donors (Lipinski definition) is 0. The Bertz CT molecular complexity index is 1180. The Morgan fingerprint density at radius 2 is 1.20 bits per heavy atom. The first-order valence-corrected chi connectivity index (χ1v) is 11.6. The van der Waals surface area contributed by atoms with Crippen LogP contribution in [0.3, 0.4) is 0 Å². The van der Waals surface area contributed by atoms with Crippen molar-refractivity contribution in [3.8, 4) is 0 Å². The number of ketones is 1. The highest BCUT2D eigenvalue weighted by Gasteiger charge is 2.39. The summed E-state index contributed by atoms with van der Waals surface area (Å²) >= 11 is 36.5. The van der Waals surface area contributed by atoms with Gasteiger partial charge in [0.05, 0.1) is 41.3 Å². The second-order valence-corrected chi connectivity index (χ2v) is 9.75. The van der Waals surface area contributed by atoms with E-state index in [0.29, 0.717) is 0 Å². The second kappa shape index (κ2) is 9.54. The van der Waals surface area contributed by atoms with E-state index >= 15 is 0 Å². The lowest BCUT2D eigenvalue weighted by atomic mass is 10.0. The SMILES string of the molecule is O=C(c1ccccc1[P+](=O)C(=O)c1c(Cl)cccc1Cl)c1c(Cl)c(Cl)cc(Cl)c1Cl. The van der Waals surface area contributed by atoms with Crippen LogP contribution in [0.2, 0.25) is 30.1 Å². The van der Waals surface area contributed by atoms with Crippen LogP contribution in [-0.2, 0) is 4.57 Å². The normalized spacial score (nSPS) is 11.3. The van der Waals surface area contributed by atoms with Crippen molar-refractivity contribution in [1.82, 2.24) is 0 Å². The molecule has 0 spiro atoms. The molecule has 0 aliphatic heterocycles. The van der Waals surface area contributed by atoms with Crippen LogP contribution >= 0.6 is 77.4 Å². The molecule has 152 valence electrons. The Morgan fingerprint density at radius 3 is 1.77 bits per heavy atom. The first-order chi connectivity index (χ1) is 14.1. The minimum atomic E-state index is -2.75. The van der Waals surface area contributed by atoms with Gasteiger partial charge in [0, 0.05) is 0 Å². The molecule has 1 unspecified atom stereocenters. The summed E-state index contributed by atoms with van der Waals surface area (Å²) in [6.45, 7) is 0. The first kappa shape index (κ1) is 23.5. The van der Waals surface area contributed by atoms with Crippen LogP contribution in [0, 0.1) is 0 Å². The fourth-order valence-electron chi connectivity index (χ4n) is 2.66. The Labute approximate surface area is 202 Å². The predicted molar refractivity (Wildman–Crippen MR) is 124 cm³/mol. The van der Waals surface area contributed by atoms with Gasteiger partial charge in [-0.25, -0.2) is 4.79 Å². The topological polar surface area (TPSA) is 51.2 Å². The van der Waals surface area contributed by atoms with Crippen molar-refractivity contribution in [3.63, 3.8) is 0 Å². The summed E-state index contributed by atoms with van der Waals surface area (Å²) in [5.41, 5.74) is -1.11. The minimum absolute atomic E-state index is 0.0233. The largest absolute Gasteiger partial charge is 0.459 e. The summed E-state index contributed by atoms with van der Waals surface area (Å²) in [6, 6.07) is 11.6. The molecule has 3 aromatic rings. The van der Waals surface area contributed by atoms with E-state index in [-0.39, 0.29) is 52.1 Å². The molecule has 0 amide bonds. The molecule has 30 heavy (non-hydrogen) atoms. The van der Waals surface area contributed by atoms with Gasteiger partial charge in [-0.05, 0) is 30.3 Å². The molecule has 0 bridgehead atoms. The average molecular weight is 540 g/mol. The van der Waals surface area contributed by atoms with E-state index in [2.05, 4.69) is 0 Å². The first-order valence-electron chi connectivity index (χ1n) is 8.07. The van der Waals surface area contributed by atoms with Crippen molar-refractivity contribution in [1.29, 1.82) is 0 Å². The van der Waals surface area contributed by atoms with E-state index < -0.39 is 19.1 Å². The molecule has 0 saturated carbocycles. The van der Waals surface area contributed by atoms with Crippen molar-refractivity contribution in [2.24, 2.45) is 0 Å². The summed E-state index contributed by atoms with van der Waals surface area (Å²) in [5, 5.41) is -0.102. The number of carbonyl (C=O) groups is 2. The highest BCUT2D eigenvalue weighted by atomic mass is 35.5. The Kier molecular flexibility index (Phi) is 7.48. The molecule has 0 fully saturated rings. The summed E-state index contributed by atoms with van der Waals surface area (Å²) in [6.07, 6.45) is 0. The van der Waals surface area contributed by atoms with Crippen LogP contribution in [0.5, 0.6) is 0 Å². The molecule has 0 aliphatic carbocycles. The van der Waals surface area contributed by atoms with Gasteiger partial charge in [0.15, 0.2) is 0 Å².